The van der Waals surface area contributed by atoms with E-state index in [4.69, 9.17) is 22.7 Å². The van der Waals surface area contributed by atoms with Crippen LogP contribution in [0.4, 0.5) is 17.1 Å². The van der Waals surface area contributed by atoms with Crippen molar-refractivity contribution in [2.45, 2.75) is 172 Å². The lowest BCUT2D eigenvalue weighted by atomic mass is 9.95. The first kappa shape index (κ1) is 66.0. The van der Waals surface area contributed by atoms with E-state index in [1.807, 2.05) is 35.2 Å². The van der Waals surface area contributed by atoms with Crippen LogP contribution in [0.15, 0.2) is 74.4 Å². The average molecular weight is 1060 g/mol. The molecule has 17 nitrogen and oxygen atoms in total. The summed E-state index contributed by atoms with van der Waals surface area (Å²) in [6.45, 7) is 23.8. The molecule has 4 unspecified atom stereocenters. The van der Waals surface area contributed by atoms with Crippen molar-refractivity contribution in [1.29, 1.82) is 10.5 Å². The maximum Gasteiger partial charge on any atom is 0.299 e. The van der Waals surface area contributed by atoms with E-state index in [-0.39, 0.29) is 34.2 Å². The second kappa shape index (κ2) is 35.2. The van der Waals surface area contributed by atoms with Gasteiger partial charge in [-0.2, -0.15) is 19.9 Å². The van der Waals surface area contributed by atoms with Crippen LogP contribution >= 0.6 is 0 Å². The van der Waals surface area contributed by atoms with Crippen LogP contribution in [-0.4, -0.2) is 67.4 Å². The van der Waals surface area contributed by atoms with Gasteiger partial charge >= 0.3 is 0 Å². The molecular formula is C60H91N11O6. The van der Waals surface area contributed by atoms with Crippen molar-refractivity contribution in [2.24, 2.45) is 33.9 Å². The number of hydrogen-bond donors (Lipinski definition) is 5. The monoisotopic (exact) mass is 1060 g/mol. The highest BCUT2D eigenvalue weighted by molar-refractivity contribution is 5.99. The number of para-hydroxylation sites is 1. The number of nitrogen functional groups attached to an aromatic ring is 3. The van der Waals surface area contributed by atoms with Gasteiger partial charge in [0, 0.05) is 43.5 Å². The number of unbranched alkanes of at least 4 members (excludes halogenated alkanes) is 4. The molecule has 2 aromatic heterocycles. The maximum absolute atomic E-state index is 14.0. The Bertz CT molecular complexity index is 2670. The van der Waals surface area contributed by atoms with Crippen molar-refractivity contribution in [3.63, 3.8) is 0 Å². The molecule has 8 N–H and O–H groups in total. The van der Waals surface area contributed by atoms with E-state index in [1.54, 1.807) is 37.3 Å². The quantitative estimate of drug-likeness (QED) is 0.0203. The smallest absolute Gasteiger partial charge is 0.299 e. The molecule has 2 heterocycles. The minimum atomic E-state index is -0.790. The molecule has 422 valence electrons. The Hall–Kier alpha value is -7.14. The van der Waals surface area contributed by atoms with Gasteiger partial charge in [0.15, 0.2) is 5.69 Å². The predicted molar refractivity (Wildman–Crippen MR) is 310 cm³/mol. The summed E-state index contributed by atoms with van der Waals surface area (Å²) < 4.78 is 1.01. The van der Waals surface area contributed by atoms with E-state index in [0.29, 0.717) is 74.2 Å². The highest BCUT2D eigenvalue weighted by atomic mass is 16.3. The number of nitrogens with two attached hydrogens (primary N) is 3. The zero-order valence-corrected chi connectivity index (χ0v) is 48.0. The Morgan fingerprint density at radius 2 is 0.987 bits per heavy atom. The van der Waals surface area contributed by atoms with Crippen LogP contribution < -0.4 is 28.5 Å². The van der Waals surface area contributed by atoms with Gasteiger partial charge in [0.05, 0.1) is 16.8 Å². The van der Waals surface area contributed by atoms with E-state index >= 15 is 0 Å². The number of nitrogens with zero attached hydrogens (tertiary/aromatic N) is 8. The first-order chi connectivity index (χ1) is 36.9. The number of pyridine rings is 2. The van der Waals surface area contributed by atoms with Crippen LogP contribution in [0.1, 0.15) is 201 Å². The molecule has 0 radical (unpaired) electrons. The second-order valence-corrected chi connectivity index (χ2v) is 20.2. The van der Waals surface area contributed by atoms with E-state index in [0.717, 1.165) is 77.3 Å². The van der Waals surface area contributed by atoms with Crippen molar-refractivity contribution >= 4 is 28.9 Å². The molecule has 2 amide bonds. The Labute approximate surface area is 458 Å². The normalized spacial score (nSPS) is 12.5. The fourth-order valence-electron chi connectivity index (χ4n) is 9.17. The molecular weight excluding hydrogens is 971 g/mol. The van der Waals surface area contributed by atoms with E-state index in [9.17, 15) is 34.7 Å². The summed E-state index contributed by atoms with van der Waals surface area (Å²) in [5.41, 5.74) is 7.03. The number of nitriles is 2. The third kappa shape index (κ3) is 20.1. The molecule has 0 spiro atoms. The van der Waals surface area contributed by atoms with Crippen molar-refractivity contribution in [3.05, 3.63) is 109 Å². The number of rotatable bonds is 28. The Morgan fingerprint density at radius 3 is 1.39 bits per heavy atom. The van der Waals surface area contributed by atoms with Crippen LogP contribution in [0, 0.1) is 60.2 Å². The zero-order chi connectivity index (χ0) is 57.6. The standard InChI is InChI=1S/C30H44N6O3.C23H40N2O.C7H7N3O2/c1-6-10-14-22(8-3)19-35(20-23(9-4)15-11-7-2)28(37)24-16-12-13-17-26(24)33-34-27-21(5)25(18-31)29(38)36(32)30(27)39;1-5-9-13-19(7-3)17-25(18-20(8-4)14-10-6-2)23(26)21-15-11-12-16-22(21)24;1-4-2-6(11)10(9)7(12)5(4)3-8/h12-13,16-17,22-23,38H,6-11,14-15,19-20,32H2,1-5H3;11-12,15-16,19-20H,5-10,13-14,17-18,24H2,1-4H3;2,12H,9H2,1H3. The van der Waals surface area contributed by atoms with Crippen molar-refractivity contribution in [1.82, 2.24) is 19.2 Å². The molecule has 4 rings (SSSR count). The second-order valence-electron chi connectivity index (χ2n) is 20.2. The molecule has 0 saturated heterocycles. The summed E-state index contributed by atoms with van der Waals surface area (Å²) in [7, 11) is 0. The van der Waals surface area contributed by atoms with Crippen LogP contribution in [0.25, 0.3) is 0 Å². The van der Waals surface area contributed by atoms with E-state index in [1.165, 1.54) is 51.5 Å². The maximum atomic E-state index is 14.0. The van der Waals surface area contributed by atoms with Gasteiger partial charge in [-0.25, -0.2) is 0 Å². The number of anilines is 1. The summed E-state index contributed by atoms with van der Waals surface area (Å²) in [5, 5.41) is 45.5. The first-order valence-electron chi connectivity index (χ1n) is 28.1. The van der Waals surface area contributed by atoms with Crippen molar-refractivity contribution in [3.8, 4) is 23.9 Å². The van der Waals surface area contributed by atoms with Gasteiger partial charge in [0.1, 0.15) is 23.3 Å². The minimum Gasteiger partial charge on any atom is -0.492 e. The first-order valence-corrected chi connectivity index (χ1v) is 28.1. The number of benzene rings is 2. The van der Waals surface area contributed by atoms with Gasteiger partial charge in [0.25, 0.3) is 22.9 Å². The highest BCUT2D eigenvalue weighted by Crippen LogP contribution is 2.30. The van der Waals surface area contributed by atoms with Crippen molar-refractivity contribution in [2.75, 3.05) is 43.6 Å². The third-order valence-corrected chi connectivity index (χ3v) is 14.5. The molecule has 0 aliphatic rings. The Morgan fingerprint density at radius 1 is 0.597 bits per heavy atom. The lowest BCUT2D eigenvalue weighted by Gasteiger charge is -2.31. The third-order valence-electron chi connectivity index (χ3n) is 14.5. The van der Waals surface area contributed by atoms with Gasteiger partial charge in [-0.05, 0) is 93.0 Å². The topological polar surface area (TPSA) is 275 Å². The zero-order valence-electron chi connectivity index (χ0n) is 48.0. The average Bonchev–Trinajstić information content (AvgIpc) is 3.43. The molecule has 0 saturated carbocycles. The summed E-state index contributed by atoms with van der Waals surface area (Å²) in [4.78, 5) is 54.9. The molecule has 77 heavy (non-hydrogen) atoms. The van der Waals surface area contributed by atoms with Gasteiger partial charge in [-0.3, -0.25) is 19.2 Å². The lowest BCUT2D eigenvalue weighted by molar-refractivity contribution is 0.0679. The molecule has 0 bridgehead atoms. The number of carbonyl (C=O) groups excluding carboxylic acids is 2. The number of azo groups is 1. The molecule has 0 aliphatic heterocycles. The van der Waals surface area contributed by atoms with E-state index < -0.39 is 22.9 Å². The fourth-order valence-corrected chi connectivity index (χ4v) is 9.17. The predicted octanol–water partition coefficient (Wildman–Crippen LogP) is 12.3. The number of aromatic hydroxyl groups is 2. The van der Waals surface area contributed by atoms with Gasteiger partial charge in [0.2, 0.25) is 11.8 Å². The van der Waals surface area contributed by atoms with Crippen molar-refractivity contribution < 1.29 is 19.8 Å². The van der Waals surface area contributed by atoms with Gasteiger partial charge < -0.3 is 37.4 Å². The fraction of sp³-hybridized carbons (Fsp3) is 0.567. The summed E-state index contributed by atoms with van der Waals surface area (Å²) in [5.74, 6) is 11.6. The number of amides is 2. The number of aromatic nitrogens is 2. The SMILES string of the molecule is CCCCC(CC)CN(CC(CC)CCCC)C(=O)c1ccccc1N.CCCCC(CC)CN(CC(CC)CCCC)C(=O)c1ccccc1N=Nc1c(C)c(C#N)c(O)n(N)c1=O.Cc1cc(=O)n(N)c(O)c1C#N. The number of aryl methyl sites for hydroxylation is 1. The molecule has 0 fully saturated rings. The Balaban J connectivity index is 0.000000454. The Kier molecular flexibility index (Phi) is 30.2. The van der Waals surface area contributed by atoms with Gasteiger partial charge in [-0.1, -0.05) is 157 Å². The van der Waals surface area contributed by atoms with Crippen LogP contribution in [0.3, 0.4) is 0 Å². The van der Waals surface area contributed by atoms with Crippen LogP contribution in [0.5, 0.6) is 11.8 Å². The van der Waals surface area contributed by atoms with Gasteiger partial charge in [-0.15, -0.1) is 10.2 Å². The molecule has 17 heteroatoms. The summed E-state index contributed by atoms with van der Waals surface area (Å²) >= 11 is 0. The minimum absolute atomic E-state index is 0.0251. The largest absolute Gasteiger partial charge is 0.492 e. The summed E-state index contributed by atoms with van der Waals surface area (Å²) in [6.07, 6.45) is 18.2. The molecule has 0 aliphatic carbocycles. The molecule has 4 atom stereocenters. The molecule has 2 aromatic carbocycles. The van der Waals surface area contributed by atoms with Crippen LogP contribution in [0.2, 0.25) is 0 Å². The molecule has 4 aromatic rings. The van der Waals surface area contributed by atoms with Crippen LogP contribution in [-0.2, 0) is 0 Å². The number of carbonyl (C=O) groups is 2. The lowest BCUT2D eigenvalue weighted by Crippen LogP contribution is -2.39. The van der Waals surface area contributed by atoms with E-state index in [2.05, 4.69) is 70.5 Å². The summed E-state index contributed by atoms with van der Waals surface area (Å²) in [6, 6.07) is 19.2. The number of hydrogen-bond acceptors (Lipinski definition) is 13. The highest BCUT2D eigenvalue weighted by Gasteiger charge is 2.26.